The quantitative estimate of drug-likeness (QED) is 0.0780. The molecular weight excluding hydrogens is 1450 g/mol. The van der Waals surface area contributed by atoms with E-state index in [0.29, 0.717) is 17.0 Å². The smallest absolute Gasteiger partial charge is 0.123 e. The normalized spacial score (nSPS) is 12.7. The van der Waals surface area contributed by atoms with Gasteiger partial charge in [-0.3, -0.25) is 5.41 Å². The van der Waals surface area contributed by atoms with Gasteiger partial charge >= 0.3 is 0 Å². The molecule has 117 heavy (non-hydrogen) atoms. The van der Waals surface area contributed by atoms with E-state index >= 15 is 0 Å². The van der Waals surface area contributed by atoms with Crippen molar-refractivity contribution in [3.8, 4) is 106 Å². The number of hydrogen-bond acceptors (Lipinski definition) is 4. The van der Waals surface area contributed by atoms with Gasteiger partial charge in [0.15, 0.2) is 0 Å². The minimum Gasteiger partial charge on any atom is -0.309 e. The maximum atomic E-state index is 14.1. The van der Waals surface area contributed by atoms with Crippen LogP contribution < -0.4 is 4.90 Å². The average molecular weight is 1520 g/mol. The minimum absolute atomic E-state index is 0.209. The molecule has 20 aromatic rings. The topological polar surface area (TPSA) is 54.2 Å². The first-order chi connectivity index (χ1) is 57.7. The molecule has 0 spiro atoms. The first-order valence-electron chi connectivity index (χ1n) is 39.2. The van der Waals surface area contributed by atoms with Crippen molar-refractivity contribution < 1.29 is 8.78 Å². The molecule has 1 aliphatic carbocycles. The molecule has 9 heteroatoms. The van der Waals surface area contributed by atoms with Gasteiger partial charge in [-0.1, -0.05) is 267 Å². The molecule has 0 fully saturated rings. The Labute approximate surface area is 680 Å². The summed E-state index contributed by atoms with van der Waals surface area (Å²) in [5.74, 6) is -0.597. The number of benzene rings is 17. The Morgan fingerprint density at radius 3 is 0.897 bits per heavy atom. The van der Waals surface area contributed by atoms with Crippen molar-refractivity contribution in [1.29, 1.82) is 5.41 Å². The van der Waals surface area contributed by atoms with Crippen molar-refractivity contribution in [2.45, 2.75) is 0 Å². The van der Waals surface area contributed by atoms with Gasteiger partial charge in [0.25, 0.3) is 0 Å². The van der Waals surface area contributed by atoms with E-state index in [9.17, 15) is 14.2 Å². The largest absolute Gasteiger partial charge is 0.309 e. The molecule has 3 heterocycles. The third kappa shape index (κ3) is 12.6. The van der Waals surface area contributed by atoms with E-state index in [2.05, 4.69) is 339 Å². The van der Waals surface area contributed by atoms with Crippen LogP contribution in [0.5, 0.6) is 0 Å². The molecule has 0 aliphatic heterocycles. The van der Waals surface area contributed by atoms with Gasteiger partial charge in [0, 0.05) is 66.3 Å². The van der Waals surface area contributed by atoms with Crippen LogP contribution in [0.1, 0.15) is 5.56 Å². The number of anilines is 2. The van der Waals surface area contributed by atoms with Gasteiger partial charge in [-0.15, -0.1) is 0 Å². The summed E-state index contributed by atoms with van der Waals surface area (Å²) < 4.78 is 39.8. The maximum absolute atomic E-state index is 14.1. The fraction of sp³-hybridized carbons (Fsp3) is 0. The van der Waals surface area contributed by atoms with Gasteiger partial charge in [0.1, 0.15) is 17.3 Å². The molecule has 552 valence electrons. The number of rotatable bonds is 15. The van der Waals surface area contributed by atoms with Crippen LogP contribution in [0.15, 0.2) is 423 Å². The molecule has 0 amide bonds. The van der Waals surface area contributed by atoms with Crippen LogP contribution in [0.2, 0.25) is 0 Å². The van der Waals surface area contributed by atoms with Crippen LogP contribution in [0.3, 0.4) is 0 Å². The first kappa shape index (κ1) is 69.9. The van der Waals surface area contributed by atoms with E-state index in [1.165, 1.54) is 79.1 Å². The molecule has 1 N–H and O–H groups in total. The molecular formula is C108H70F2N6S. The minimum atomic E-state index is -0.299. The van der Waals surface area contributed by atoms with Crippen molar-refractivity contribution in [2.75, 3.05) is 4.90 Å². The van der Waals surface area contributed by atoms with Gasteiger partial charge in [-0.05, 0) is 253 Å². The summed E-state index contributed by atoms with van der Waals surface area (Å²) in [5.41, 5.74) is 31.7. The average Bonchev–Trinajstić information content (AvgIpc) is 1.61. The summed E-state index contributed by atoms with van der Waals surface area (Å²) >= 11 is 4.59. The van der Waals surface area contributed by atoms with Crippen molar-refractivity contribution >= 4 is 107 Å². The van der Waals surface area contributed by atoms with Crippen LogP contribution in [0.25, 0.3) is 177 Å². The predicted molar refractivity (Wildman–Crippen MR) is 488 cm³/mol. The lowest BCUT2D eigenvalue weighted by Gasteiger charge is -2.31. The fourth-order valence-corrected chi connectivity index (χ4v) is 17.5. The molecule has 0 saturated heterocycles. The Bertz CT molecular complexity index is 6980. The lowest BCUT2D eigenvalue weighted by atomic mass is 9.91. The molecule has 1 aliphatic rings. The zero-order chi connectivity index (χ0) is 78.2. The summed E-state index contributed by atoms with van der Waals surface area (Å²) in [6.45, 7) is 0. The second-order valence-corrected chi connectivity index (χ2v) is 30.1. The molecule has 0 saturated carbocycles. The number of aromatic nitrogens is 3. The lowest BCUT2D eigenvalue weighted by molar-refractivity contribution is 0.627. The van der Waals surface area contributed by atoms with Crippen molar-refractivity contribution in [1.82, 2.24) is 13.7 Å². The van der Waals surface area contributed by atoms with E-state index < -0.39 is 0 Å². The zero-order valence-electron chi connectivity index (χ0n) is 63.2. The molecule has 0 unspecified atom stereocenters. The number of halogens is 2. The molecule has 0 bridgehead atoms. The van der Waals surface area contributed by atoms with Crippen LogP contribution >= 0.6 is 12.8 Å². The Kier molecular flexibility index (Phi) is 17.4. The molecule has 0 radical (unpaired) electrons. The zero-order valence-corrected chi connectivity index (χ0v) is 64.1. The highest BCUT2D eigenvalue weighted by molar-refractivity contribution is 7.79. The second kappa shape index (κ2) is 29.2. The van der Waals surface area contributed by atoms with Crippen LogP contribution in [-0.4, -0.2) is 25.1 Å². The summed E-state index contributed by atoms with van der Waals surface area (Å²) in [6.07, 6.45) is 3.99. The number of para-hydroxylation sites is 2. The summed E-state index contributed by atoms with van der Waals surface area (Å²) in [6, 6.07) is 139. The SMILES string of the molecule is N=C1C(c2ccc(-n3c4ccc(-c5ccc(-c6ccc7c8ccccc8n(-c8ccc(-c9ccccc9)cc8)c7c6)cc5)cc4c4cc(-c5ccc(-c6ccc7c8ccccc8n(-c8ccc(-c9ccccc9)cc8)c7c6)cc5)ccc43)cc2)=CC=C(N(c2ccc(-c3ccc(F)cc3)cc2)c2ccc(-c3ccc(F)cc3)cc2)/C1=N/S. The lowest BCUT2D eigenvalue weighted by Crippen LogP contribution is -2.30. The summed E-state index contributed by atoms with van der Waals surface area (Å²) in [5, 5.41) is 17.1. The van der Waals surface area contributed by atoms with Crippen molar-refractivity contribution in [2.24, 2.45) is 4.40 Å². The maximum Gasteiger partial charge on any atom is 0.123 e. The highest BCUT2D eigenvalue weighted by Crippen LogP contribution is 2.44. The van der Waals surface area contributed by atoms with Crippen molar-refractivity contribution in [3.05, 3.63) is 435 Å². The van der Waals surface area contributed by atoms with Gasteiger partial charge in [-0.2, -0.15) is 0 Å². The summed E-state index contributed by atoms with van der Waals surface area (Å²) in [7, 11) is 0. The van der Waals surface area contributed by atoms with E-state index in [-0.39, 0.29) is 17.3 Å². The van der Waals surface area contributed by atoms with Crippen LogP contribution in [0.4, 0.5) is 20.2 Å². The molecule has 0 atom stereocenters. The Hall–Kier alpha value is -15.0. The van der Waals surface area contributed by atoms with Crippen molar-refractivity contribution in [3.63, 3.8) is 0 Å². The second-order valence-electron chi connectivity index (χ2n) is 29.9. The highest BCUT2D eigenvalue weighted by atomic mass is 32.1. The number of fused-ring (bicyclic) bond motifs is 9. The fourth-order valence-electron chi connectivity index (χ4n) is 17.3. The standard InChI is InChI=1S/C108H70F2N6S/c109-86-45-27-71(28-46-86)75-31-49-88(50-32-75)113(89-51-33-76(34-52-89)72-29-47-87(110)48-30-72)104-64-61-93(107(111)108(104)112-117)81-39-57-90(58-40-81)114-102-62-43-82(77-19-23-79(24-20-77)84-41-59-96-94-15-7-9-17-100(94)115(105(96)67-84)91-53-35-73(36-54-91)69-11-3-1-4-12-69)65-98(102)99-66-83(44-63-103(99)114)78-21-25-80(26-22-78)85-42-60-97-95-16-8-10-18-101(95)116(106(97)68-85)92-55-37-74(38-56-92)70-13-5-2-6-14-70/h1-68,111,117H/b111-107?,112-108-. The third-order valence-electron chi connectivity index (χ3n) is 23.2. The van der Waals surface area contributed by atoms with Crippen LogP contribution in [-0.2, 0) is 0 Å². The number of allylic oxidation sites excluding steroid dienone is 4. The molecule has 17 aromatic carbocycles. The number of thiol groups is 1. The van der Waals surface area contributed by atoms with E-state index in [0.717, 1.165) is 134 Å². The monoisotopic (exact) mass is 1520 g/mol. The van der Waals surface area contributed by atoms with Gasteiger partial charge in [0.2, 0.25) is 0 Å². The third-order valence-corrected chi connectivity index (χ3v) is 23.4. The molecule has 21 rings (SSSR count). The van der Waals surface area contributed by atoms with Gasteiger partial charge in [-0.25, -0.2) is 13.2 Å². The predicted octanol–water partition coefficient (Wildman–Crippen LogP) is 29.0. The summed E-state index contributed by atoms with van der Waals surface area (Å²) in [4.78, 5) is 2.07. The Balaban J connectivity index is 0.636. The number of hydrogen-bond donors (Lipinski definition) is 2. The molecule has 3 aromatic heterocycles. The van der Waals surface area contributed by atoms with Gasteiger partial charge < -0.3 is 18.6 Å². The van der Waals surface area contributed by atoms with E-state index in [4.69, 9.17) is 0 Å². The first-order valence-corrected chi connectivity index (χ1v) is 39.6. The number of nitrogens with zero attached hydrogens (tertiary/aromatic N) is 5. The van der Waals surface area contributed by atoms with E-state index in [1.54, 1.807) is 24.3 Å². The molecule has 6 nitrogen and oxygen atoms in total. The van der Waals surface area contributed by atoms with Gasteiger partial charge in [0.05, 0.1) is 44.5 Å². The van der Waals surface area contributed by atoms with E-state index in [1.807, 2.05) is 60.7 Å². The number of nitrogens with one attached hydrogen (secondary N) is 1. The highest BCUT2D eigenvalue weighted by Gasteiger charge is 2.29. The Morgan fingerprint density at radius 1 is 0.239 bits per heavy atom. The van der Waals surface area contributed by atoms with Crippen LogP contribution in [0, 0.1) is 17.0 Å². The Morgan fingerprint density at radius 2 is 0.513 bits per heavy atom.